The molecule has 0 fully saturated rings. The molecule has 1 aromatic carbocycles. The van der Waals surface area contributed by atoms with Crippen LogP contribution in [-0.4, -0.2) is 15.9 Å². The molecule has 0 bridgehead atoms. The fourth-order valence-corrected chi connectivity index (χ4v) is 1.90. The highest BCUT2D eigenvalue weighted by molar-refractivity contribution is 9.10. The Kier molecular flexibility index (Phi) is 2.55. The first-order valence-electron chi connectivity index (χ1n) is 4.56. The molecule has 0 aliphatic carbocycles. The van der Waals surface area contributed by atoms with E-state index < -0.39 is 0 Å². The molecule has 0 aliphatic heterocycles. The van der Waals surface area contributed by atoms with Crippen LogP contribution in [0.3, 0.4) is 0 Å². The number of carbonyl (C=O) groups excluding carboxylic acids is 1. The van der Waals surface area contributed by atoms with E-state index in [-0.39, 0.29) is 22.8 Å². The number of pyridine rings is 1. The topological polar surface area (TPSA) is 70.2 Å². The quantitative estimate of drug-likeness (QED) is 0.788. The Morgan fingerprint density at radius 1 is 1.38 bits per heavy atom. The molecule has 2 N–H and O–H groups in total. The van der Waals surface area contributed by atoms with Crippen LogP contribution in [0.5, 0.6) is 5.75 Å². The molecule has 0 radical (unpaired) electrons. The second kappa shape index (κ2) is 3.75. The number of rotatable bonds is 1. The lowest BCUT2D eigenvalue weighted by molar-refractivity contribution is 0.101. The highest BCUT2D eigenvalue weighted by Crippen LogP contribution is 2.27. The number of hydrogen-bond donors (Lipinski definition) is 2. The molecular formula is C11H8BrNO3. The first kappa shape index (κ1) is 10.9. The molecule has 0 aliphatic rings. The zero-order valence-corrected chi connectivity index (χ0v) is 9.96. The number of H-pyrrole nitrogens is 1. The van der Waals surface area contributed by atoms with E-state index in [0.29, 0.717) is 10.8 Å². The number of benzene rings is 1. The van der Waals surface area contributed by atoms with Crippen LogP contribution in [0.15, 0.2) is 27.5 Å². The third-order valence-corrected chi connectivity index (χ3v) is 2.80. The van der Waals surface area contributed by atoms with E-state index in [2.05, 4.69) is 20.9 Å². The fourth-order valence-electron chi connectivity index (χ4n) is 1.54. The van der Waals surface area contributed by atoms with Gasteiger partial charge in [-0.1, -0.05) is 15.9 Å². The second-order valence-electron chi connectivity index (χ2n) is 3.42. The molecule has 2 aromatic rings. The Balaban J connectivity index is 2.97. The van der Waals surface area contributed by atoms with Gasteiger partial charge in [0.05, 0.1) is 5.39 Å². The van der Waals surface area contributed by atoms with E-state index in [9.17, 15) is 14.7 Å². The second-order valence-corrected chi connectivity index (χ2v) is 4.34. The predicted molar refractivity (Wildman–Crippen MR) is 63.9 cm³/mol. The Bertz CT molecular complexity index is 645. The van der Waals surface area contributed by atoms with Gasteiger partial charge < -0.3 is 10.1 Å². The van der Waals surface area contributed by atoms with E-state index >= 15 is 0 Å². The summed E-state index contributed by atoms with van der Waals surface area (Å²) >= 11 is 3.24. The van der Waals surface area contributed by atoms with Crippen molar-refractivity contribution in [3.63, 3.8) is 0 Å². The van der Waals surface area contributed by atoms with Gasteiger partial charge >= 0.3 is 0 Å². The number of fused-ring (bicyclic) bond motifs is 1. The normalized spacial score (nSPS) is 10.6. The largest absolute Gasteiger partial charge is 0.505 e. The van der Waals surface area contributed by atoms with Gasteiger partial charge in [-0.25, -0.2) is 0 Å². The molecule has 5 heteroatoms. The minimum absolute atomic E-state index is 0.0596. The van der Waals surface area contributed by atoms with Crippen LogP contribution < -0.4 is 5.56 Å². The summed E-state index contributed by atoms with van der Waals surface area (Å²) < 4.78 is 0.732. The van der Waals surface area contributed by atoms with Crippen LogP contribution >= 0.6 is 15.9 Å². The molecule has 0 saturated heterocycles. The lowest BCUT2D eigenvalue weighted by Crippen LogP contribution is -2.12. The number of hydrogen-bond acceptors (Lipinski definition) is 3. The number of ketones is 1. The molecule has 1 heterocycles. The summed E-state index contributed by atoms with van der Waals surface area (Å²) in [5.74, 6) is -0.570. The lowest BCUT2D eigenvalue weighted by atomic mass is 10.1. The number of halogens is 1. The van der Waals surface area contributed by atoms with Gasteiger partial charge in [-0.3, -0.25) is 9.59 Å². The van der Waals surface area contributed by atoms with Crippen LogP contribution in [0.4, 0.5) is 0 Å². The van der Waals surface area contributed by atoms with Crippen molar-refractivity contribution in [1.29, 1.82) is 0 Å². The fraction of sp³-hybridized carbons (Fsp3) is 0.0909. The summed E-state index contributed by atoms with van der Waals surface area (Å²) in [6, 6.07) is 4.89. The molecule has 0 saturated carbocycles. The molecule has 2 rings (SSSR count). The number of Topliss-reactive ketones (excluding diaryl/α,β-unsaturated/α-hetero) is 1. The van der Waals surface area contributed by atoms with Crippen molar-refractivity contribution in [1.82, 2.24) is 4.98 Å². The summed E-state index contributed by atoms with van der Waals surface area (Å²) in [7, 11) is 0. The summed E-state index contributed by atoms with van der Waals surface area (Å²) in [5, 5.41) is 10.6. The smallest absolute Gasteiger partial charge is 0.256 e. The van der Waals surface area contributed by atoms with E-state index in [1.165, 1.54) is 6.92 Å². The van der Waals surface area contributed by atoms with Gasteiger partial charge in [-0.05, 0) is 18.2 Å². The number of aromatic hydroxyl groups is 1. The van der Waals surface area contributed by atoms with Crippen LogP contribution in [0.1, 0.15) is 17.4 Å². The van der Waals surface area contributed by atoms with E-state index in [1.54, 1.807) is 18.2 Å². The van der Waals surface area contributed by atoms with Gasteiger partial charge in [0.1, 0.15) is 5.69 Å². The molecule has 0 unspecified atom stereocenters. The molecule has 1 aromatic heterocycles. The average Bonchev–Trinajstić information content (AvgIpc) is 2.22. The Morgan fingerprint density at radius 2 is 2.06 bits per heavy atom. The minimum atomic E-state index is -0.384. The van der Waals surface area contributed by atoms with Crippen molar-refractivity contribution in [2.45, 2.75) is 6.92 Å². The first-order chi connectivity index (χ1) is 7.50. The van der Waals surface area contributed by atoms with Crippen molar-refractivity contribution in [3.05, 3.63) is 38.7 Å². The van der Waals surface area contributed by atoms with Gasteiger partial charge in [0.15, 0.2) is 11.5 Å². The van der Waals surface area contributed by atoms with Crippen LogP contribution in [-0.2, 0) is 0 Å². The zero-order chi connectivity index (χ0) is 11.9. The zero-order valence-electron chi connectivity index (χ0n) is 8.37. The highest BCUT2D eigenvalue weighted by Gasteiger charge is 2.13. The summed E-state index contributed by atoms with van der Waals surface area (Å²) in [4.78, 5) is 25.2. The van der Waals surface area contributed by atoms with Crippen LogP contribution in [0, 0.1) is 0 Å². The van der Waals surface area contributed by atoms with Crippen LogP contribution in [0.25, 0.3) is 10.8 Å². The average molecular weight is 282 g/mol. The number of aromatic amines is 1. The molecule has 4 nitrogen and oxygen atoms in total. The number of aromatic nitrogens is 1. The maximum atomic E-state index is 11.6. The third kappa shape index (κ3) is 1.63. The third-order valence-electron chi connectivity index (χ3n) is 2.31. The summed E-state index contributed by atoms with van der Waals surface area (Å²) in [6.45, 7) is 1.29. The molecular weight excluding hydrogens is 274 g/mol. The van der Waals surface area contributed by atoms with E-state index in [4.69, 9.17) is 0 Å². The van der Waals surface area contributed by atoms with Crippen molar-refractivity contribution in [2.75, 3.05) is 0 Å². The number of carbonyl (C=O) groups is 1. The molecule has 82 valence electrons. The van der Waals surface area contributed by atoms with E-state index in [1.807, 2.05) is 0 Å². The summed E-state index contributed by atoms with van der Waals surface area (Å²) in [5.41, 5.74) is -0.443. The van der Waals surface area contributed by atoms with Crippen molar-refractivity contribution in [3.8, 4) is 5.75 Å². The van der Waals surface area contributed by atoms with Crippen molar-refractivity contribution < 1.29 is 9.90 Å². The van der Waals surface area contributed by atoms with Crippen LogP contribution in [0.2, 0.25) is 0 Å². The van der Waals surface area contributed by atoms with Gasteiger partial charge in [0.2, 0.25) is 0 Å². The van der Waals surface area contributed by atoms with Crippen molar-refractivity contribution >= 4 is 32.5 Å². The lowest BCUT2D eigenvalue weighted by Gasteiger charge is -2.05. The number of nitrogens with one attached hydrogen (secondary N) is 1. The minimum Gasteiger partial charge on any atom is -0.505 e. The van der Waals surface area contributed by atoms with E-state index in [0.717, 1.165) is 4.47 Å². The predicted octanol–water partition coefficient (Wildman–Crippen LogP) is 2.20. The Hall–Kier alpha value is -1.62. The SMILES string of the molecule is CC(=O)c1[nH]c(=O)c2ccc(Br)cc2c1O. The standard InChI is InChI=1S/C11H8BrNO3/c1-5(14)9-10(15)8-4-6(12)2-3-7(8)11(16)13-9/h2-4,15H,1H3,(H,13,16). The van der Waals surface area contributed by atoms with Gasteiger partial charge in [-0.15, -0.1) is 0 Å². The Labute approximate surface area is 99.0 Å². The monoisotopic (exact) mass is 281 g/mol. The molecule has 16 heavy (non-hydrogen) atoms. The maximum Gasteiger partial charge on any atom is 0.256 e. The Morgan fingerprint density at radius 3 is 2.69 bits per heavy atom. The highest BCUT2D eigenvalue weighted by atomic mass is 79.9. The van der Waals surface area contributed by atoms with Gasteiger partial charge in [-0.2, -0.15) is 0 Å². The van der Waals surface area contributed by atoms with Crippen molar-refractivity contribution in [2.24, 2.45) is 0 Å². The molecule has 0 amide bonds. The molecule has 0 spiro atoms. The van der Waals surface area contributed by atoms with Gasteiger partial charge in [0.25, 0.3) is 5.56 Å². The maximum absolute atomic E-state index is 11.6. The van der Waals surface area contributed by atoms with Gasteiger partial charge in [0, 0.05) is 16.8 Å². The molecule has 0 atom stereocenters. The summed E-state index contributed by atoms with van der Waals surface area (Å²) in [6.07, 6.45) is 0. The first-order valence-corrected chi connectivity index (χ1v) is 5.35.